The molecule has 0 saturated carbocycles. The van der Waals surface area contributed by atoms with Gasteiger partial charge in [-0.2, -0.15) is 4.98 Å². The minimum atomic E-state index is 0.575. The first-order valence-corrected chi connectivity index (χ1v) is 9.15. The normalized spacial score (nSPS) is 9.42. The maximum Gasteiger partial charge on any atom is 0.228 e. The summed E-state index contributed by atoms with van der Waals surface area (Å²) in [6.45, 7) is 0. The molecule has 0 saturated heterocycles. The van der Waals surface area contributed by atoms with Gasteiger partial charge in [-0.1, -0.05) is 0 Å². The summed E-state index contributed by atoms with van der Waals surface area (Å²) in [5, 5.41) is 2.25. The van der Waals surface area contributed by atoms with Crippen molar-refractivity contribution >= 4 is 17.6 Å². The molecule has 0 aliphatic rings. The average molecular weight is 424 g/mol. The Hall–Kier alpha value is -4.14. The zero-order chi connectivity index (χ0) is 22.5. The number of nitrogens with one attached hydrogen (secondary N) is 1. The lowest BCUT2D eigenvalue weighted by Gasteiger charge is -2.06. The highest BCUT2D eigenvalue weighted by Gasteiger charge is 2.07. The third-order valence-corrected chi connectivity index (χ3v) is 3.77. The van der Waals surface area contributed by atoms with Crippen LogP contribution in [0.25, 0.3) is 22.7 Å². The number of methoxy groups -OCH3 is 3. The smallest absolute Gasteiger partial charge is 0.228 e. The Labute approximate surface area is 180 Å². The van der Waals surface area contributed by atoms with E-state index in [2.05, 4.69) is 20.3 Å². The first-order valence-electron chi connectivity index (χ1n) is 9.15. The molecule has 0 spiro atoms. The van der Waals surface area contributed by atoms with E-state index in [9.17, 15) is 0 Å². The molecule has 3 heterocycles. The minimum absolute atomic E-state index is 0.575. The van der Waals surface area contributed by atoms with Gasteiger partial charge in [0.15, 0.2) is 11.2 Å². The van der Waals surface area contributed by atoms with Crippen LogP contribution < -0.4 is 19.5 Å². The van der Waals surface area contributed by atoms with E-state index >= 15 is 0 Å². The van der Waals surface area contributed by atoms with Gasteiger partial charge < -0.3 is 23.9 Å². The number of rotatable bonds is 5. The fraction of sp³-hybridized carbons (Fsp3) is 0.182. The number of benzene rings is 1. The van der Waals surface area contributed by atoms with Crippen molar-refractivity contribution in [3.63, 3.8) is 0 Å². The number of ether oxygens (including phenoxy) is 3. The number of amides is 1. The third kappa shape index (κ3) is 7.00. The molecule has 4 rings (SSSR count). The molecule has 0 unspecified atom stereocenters. The number of fused-ring (bicyclic) bond motifs is 1. The highest BCUT2D eigenvalue weighted by atomic mass is 16.5. The van der Waals surface area contributed by atoms with Crippen molar-refractivity contribution < 1.29 is 23.4 Å². The van der Waals surface area contributed by atoms with E-state index in [0.717, 1.165) is 22.8 Å². The van der Waals surface area contributed by atoms with Gasteiger partial charge in [-0.25, -0.2) is 4.98 Å². The van der Waals surface area contributed by atoms with Crippen LogP contribution in [-0.4, -0.2) is 49.7 Å². The molecule has 0 aliphatic carbocycles. The molecule has 0 bridgehead atoms. The molecule has 0 fully saturated rings. The fourth-order valence-corrected chi connectivity index (χ4v) is 2.29. The van der Waals surface area contributed by atoms with Crippen molar-refractivity contribution in [3.05, 3.63) is 61.1 Å². The number of nitrogens with zero attached hydrogens (tertiary/aromatic N) is 3. The van der Waals surface area contributed by atoms with Gasteiger partial charge in [0.05, 0.1) is 21.3 Å². The van der Waals surface area contributed by atoms with E-state index in [1.54, 1.807) is 65.2 Å². The molecule has 9 heteroatoms. The number of hydrogen-bond acceptors (Lipinski definition) is 8. The topological polar surface area (TPSA) is 109 Å². The lowest BCUT2D eigenvalue weighted by molar-refractivity contribution is -0.109. The molecule has 9 nitrogen and oxygen atoms in total. The molecule has 3 aromatic heterocycles. The van der Waals surface area contributed by atoms with Crippen molar-refractivity contribution in [1.29, 1.82) is 0 Å². The van der Waals surface area contributed by atoms with Gasteiger partial charge in [-0.15, -0.1) is 0 Å². The number of aromatic nitrogens is 3. The molecular formula is C22H24N4O5. The Morgan fingerprint density at radius 3 is 1.90 bits per heavy atom. The van der Waals surface area contributed by atoms with Crippen LogP contribution in [0.15, 0.2) is 65.5 Å². The van der Waals surface area contributed by atoms with Gasteiger partial charge in [0.2, 0.25) is 12.3 Å². The van der Waals surface area contributed by atoms with Crippen molar-refractivity contribution in [2.24, 2.45) is 0 Å². The molecule has 1 N–H and O–H groups in total. The second-order valence-electron chi connectivity index (χ2n) is 5.74. The van der Waals surface area contributed by atoms with Crippen molar-refractivity contribution in [2.45, 2.75) is 0 Å². The van der Waals surface area contributed by atoms with E-state index in [4.69, 9.17) is 23.4 Å². The van der Waals surface area contributed by atoms with E-state index in [0.29, 0.717) is 23.5 Å². The molecule has 0 atom stereocenters. The highest BCUT2D eigenvalue weighted by Crippen LogP contribution is 2.26. The molecular weight excluding hydrogens is 400 g/mol. The number of hydrogen-bond donors (Lipinski definition) is 1. The number of carbonyl (C=O) groups excluding carboxylic acids is 1. The molecule has 31 heavy (non-hydrogen) atoms. The predicted molar refractivity (Wildman–Crippen MR) is 116 cm³/mol. The lowest BCUT2D eigenvalue weighted by Crippen LogP contribution is -1.98. The summed E-state index contributed by atoms with van der Waals surface area (Å²) in [5.41, 5.74) is 2.23. The largest absolute Gasteiger partial charge is 0.496 e. The third-order valence-electron chi connectivity index (χ3n) is 3.77. The van der Waals surface area contributed by atoms with Crippen LogP contribution in [0.4, 0.5) is 0 Å². The maximum atomic E-state index is 9.06. The molecule has 1 aromatic carbocycles. The van der Waals surface area contributed by atoms with Crippen LogP contribution in [0.2, 0.25) is 0 Å². The summed E-state index contributed by atoms with van der Waals surface area (Å²) in [7, 11) is 6.38. The molecule has 1 amide bonds. The number of oxazole rings is 1. The number of carbonyl (C=O) groups is 1. The van der Waals surface area contributed by atoms with Crippen LogP contribution >= 0.6 is 0 Å². The van der Waals surface area contributed by atoms with Crippen molar-refractivity contribution in [1.82, 2.24) is 20.3 Å². The fourth-order valence-electron chi connectivity index (χ4n) is 2.29. The van der Waals surface area contributed by atoms with Crippen molar-refractivity contribution in [3.8, 4) is 28.7 Å². The summed E-state index contributed by atoms with van der Waals surface area (Å²) in [5.74, 6) is 2.76. The SMILES string of the molecule is CNC=O.COc1cc(OC)cc(OC)c1.c1cnc2nc(-c3ccncc3)oc2c1. The predicted octanol–water partition coefficient (Wildman–Crippen LogP) is 3.36. The summed E-state index contributed by atoms with van der Waals surface area (Å²) < 4.78 is 20.7. The summed E-state index contributed by atoms with van der Waals surface area (Å²) in [4.78, 5) is 21.4. The Morgan fingerprint density at radius 1 is 0.903 bits per heavy atom. The lowest BCUT2D eigenvalue weighted by atomic mass is 10.3. The quantitative estimate of drug-likeness (QED) is 0.486. The van der Waals surface area contributed by atoms with Gasteiger partial charge in [-0.3, -0.25) is 9.78 Å². The highest BCUT2D eigenvalue weighted by molar-refractivity contribution is 5.71. The van der Waals surface area contributed by atoms with Crippen LogP contribution in [0.1, 0.15) is 0 Å². The second-order valence-corrected chi connectivity index (χ2v) is 5.74. The zero-order valence-corrected chi connectivity index (χ0v) is 17.7. The van der Waals surface area contributed by atoms with Gasteiger partial charge in [0.1, 0.15) is 17.2 Å². The standard InChI is InChI=1S/C11H7N3O.C9H12O3.C2H5NO/c1-2-9-10(13-5-1)14-11(15-9)8-3-6-12-7-4-8;1-10-7-4-8(11-2)6-9(5-7)12-3;1-3-2-4/h1-7H;4-6H,1-3H3;2H,1H3,(H,3,4). The number of pyridine rings is 2. The first kappa shape index (κ1) is 23.1. The first-order chi connectivity index (χ1) is 15.1. The minimum Gasteiger partial charge on any atom is -0.496 e. The average Bonchev–Trinajstić information content (AvgIpc) is 3.29. The molecule has 4 aromatic rings. The summed E-state index contributed by atoms with van der Waals surface area (Å²) in [6.07, 6.45) is 5.73. The van der Waals surface area contributed by atoms with Gasteiger partial charge in [0, 0.05) is 49.4 Å². The Balaban J connectivity index is 0.000000193. The van der Waals surface area contributed by atoms with E-state index in [1.807, 2.05) is 24.3 Å². The van der Waals surface area contributed by atoms with Crippen molar-refractivity contribution in [2.75, 3.05) is 28.4 Å². The van der Waals surface area contributed by atoms with Gasteiger partial charge in [0.25, 0.3) is 0 Å². The Bertz CT molecular complexity index is 982. The van der Waals surface area contributed by atoms with E-state index in [-0.39, 0.29) is 0 Å². The van der Waals surface area contributed by atoms with Crippen LogP contribution in [0.3, 0.4) is 0 Å². The Kier molecular flexibility index (Phi) is 9.28. The van der Waals surface area contributed by atoms with Crippen LogP contribution in [-0.2, 0) is 4.79 Å². The van der Waals surface area contributed by atoms with E-state index < -0.39 is 0 Å². The van der Waals surface area contributed by atoms with Crippen LogP contribution in [0, 0.1) is 0 Å². The Morgan fingerprint density at radius 2 is 1.45 bits per heavy atom. The second kappa shape index (κ2) is 12.4. The van der Waals surface area contributed by atoms with E-state index in [1.165, 1.54) is 0 Å². The molecule has 162 valence electrons. The molecule has 0 radical (unpaired) electrons. The zero-order valence-electron chi connectivity index (χ0n) is 17.7. The molecule has 0 aliphatic heterocycles. The van der Waals surface area contributed by atoms with Gasteiger partial charge in [-0.05, 0) is 24.3 Å². The van der Waals surface area contributed by atoms with Crippen LogP contribution in [0.5, 0.6) is 17.2 Å². The summed E-state index contributed by atoms with van der Waals surface area (Å²) in [6, 6.07) is 12.8. The van der Waals surface area contributed by atoms with Gasteiger partial charge >= 0.3 is 0 Å². The summed E-state index contributed by atoms with van der Waals surface area (Å²) >= 11 is 0. The maximum absolute atomic E-state index is 9.06. The monoisotopic (exact) mass is 424 g/mol.